The molecule has 1 saturated heterocycles. The van der Waals surface area contributed by atoms with Gasteiger partial charge in [-0.3, -0.25) is 14.6 Å². The van der Waals surface area contributed by atoms with Gasteiger partial charge in [-0.05, 0) is 24.7 Å². The number of benzene rings is 1. The van der Waals surface area contributed by atoms with Gasteiger partial charge in [-0.1, -0.05) is 12.1 Å². The highest BCUT2D eigenvalue weighted by atomic mass is 32.1. The average molecular weight is 472 g/mol. The minimum atomic E-state index is -4.35. The molecule has 174 valence electrons. The predicted molar refractivity (Wildman–Crippen MR) is 111 cm³/mol. The average Bonchev–Trinajstić information content (AvgIpc) is 3.18. The molecule has 1 fully saturated rings. The van der Waals surface area contributed by atoms with Crippen molar-refractivity contribution >= 4 is 23.8 Å². The molecule has 1 aromatic heterocycles. The zero-order valence-electron chi connectivity index (χ0n) is 17.5. The van der Waals surface area contributed by atoms with Crippen LogP contribution < -0.4 is 0 Å². The Balaban J connectivity index is 1.56. The number of carboxylic acids is 1. The zero-order chi connectivity index (χ0) is 23.4. The zero-order valence-corrected chi connectivity index (χ0v) is 18.3. The van der Waals surface area contributed by atoms with Crippen LogP contribution in [0.25, 0.3) is 0 Å². The molecular formula is C21H24F3N3O4S. The van der Waals surface area contributed by atoms with Gasteiger partial charge in [0, 0.05) is 56.6 Å². The van der Waals surface area contributed by atoms with Crippen LogP contribution in [0.5, 0.6) is 0 Å². The Morgan fingerprint density at radius 2 is 1.97 bits per heavy atom. The lowest BCUT2D eigenvalue weighted by Gasteiger charge is -2.42. The number of carbonyl (C=O) groups is 2. The Hall–Kier alpha value is -2.50. The summed E-state index contributed by atoms with van der Waals surface area (Å²) >= 11 is 1.11. The van der Waals surface area contributed by atoms with Gasteiger partial charge in [0.05, 0.1) is 5.56 Å². The molecule has 0 spiro atoms. The van der Waals surface area contributed by atoms with E-state index in [-0.39, 0.29) is 5.01 Å². The van der Waals surface area contributed by atoms with Gasteiger partial charge in [-0.2, -0.15) is 13.2 Å². The van der Waals surface area contributed by atoms with E-state index in [1.54, 1.807) is 0 Å². The highest BCUT2D eigenvalue weighted by molar-refractivity contribution is 7.13. The lowest BCUT2D eigenvalue weighted by molar-refractivity contribution is -0.151. The number of piperidine rings is 1. The number of likely N-dealkylation sites (tertiary alicyclic amines) is 1. The molecule has 1 N–H and O–H groups in total. The maximum absolute atomic E-state index is 12.7. The Labute approximate surface area is 187 Å². The second-order valence-corrected chi connectivity index (χ2v) is 9.09. The lowest BCUT2D eigenvalue weighted by atomic mass is 9.90. The number of carboxylic acid groups (broad SMARTS) is 1. The first-order valence-electron chi connectivity index (χ1n) is 9.97. The summed E-state index contributed by atoms with van der Waals surface area (Å²) in [5, 5.41) is 9.04. The van der Waals surface area contributed by atoms with Crippen molar-refractivity contribution in [3.8, 4) is 0 Å². The molecule has 1 aliphatic rings. The van der Waals surface area contributed by atoms with Gasteiger partial charge in [0.25, 0.3) is 6.47 Å². The number of thiazole rings is 1. The highest BCUT2D eigenvalue weighted by Crippen LogP contribution is 2.31. The van der Waals surface area contributed by atoms with Crippen LogP contribution in [0.3, 0.4) is 0 Å². The number of hydrogen-bond donors (Lipinski definition) is 1. The molecule has 0 saturated carbocycles. The largest absolute Gasteiger partial charge is 0.476 e. The number of aromatic carboxylic acids is 1. The molecule has 2 heterocycles. The monoisotopic (exact) mass is 471 g/mol. The van der Waals surface area contributed by atoms with Crippen LogP contribution in [0.1, 0.15) is 38.6 Å². The van der Waals surface area contributed by atoms with Crippen molar-refractivity contribution in [2.75, 3.05) is 26.7 Å². The fraction of sp³-hybridized carbons (Fsp3) is 0.476. The third kappa shape index (κ3) is 6.27. The number of hydrogen-bond acceptors (Lipinski definition) is 7. The van der Waals surface area contributed by atoms with Crippen LogP contribution in [0.2, 0.25) is 0 Å². The summed E-state index contributed by atoms with van der Waals surface area (Å²) in [6.07, 6.45) is -1.65. The van der Waals surface area contributed by atoms with Gasteiger partial charge in [0.1, 0.15) is 5.60 Å². The van der Waals surface area contributed by atoms with Crippen LogP contribution in [0.4, 0.5) is 13.2 Å². The summed E-state index contributed by atoms with van der Waals surface area (Å²) < 4.78 is 43.7. The second kappa shape index (κ2) is 9.97. The SMILES string of the molecule is CN(Cc1cnc(C(=O)O)s1)CC1(OC=O)CCN(Cc2ccc(C(F)(F)F)cc2)CC1. The van der Waals surface area contributed by atoms with Crippen LogP contribution in [-0.2, 0) is 28.8 Å². The molecule has 1 aliphatic heterocycles. The number of alkyl halides is 3. The topological polar surface area (TPSA) is 83.0 Å². The molecule has 0 radical (unpaired) electrons. The maximum Gasteiger partial charge on any atom is 0.416 e. The molecule has 1 aromatic carbocycles. The van der Waals surface area contributed by atoms with Gasteiger partial charge < -0.3 is 9.84 Å². The van der Waals surface area contributed by atoms with Crippen molar-refractivity contribution in [2.45, 2.75) is 37.7 Å². The maximum atomic E-state index is 12.7. The van der Waals surface area contributed by atoms with E-state index in [2.05, 4.69) is 9.88 Å². The molecule has 0 aliphatic carbocycles. The molecule has 3 rings (SSSR count). The Morgan fingerprint density at radius 1 is 1.31 bits per heavy atom. The highest BCUT2D eigenvalue weighted by Gasteiger charge is 2.37. The van der Waals surface area contributed by atoms with Gasteiger partial charge >= 0.3 is 12.1 Å². The number of aromatic nitrogens is 1. The van der Waals surface area contributed by atoms with Gasteiger partial charge in [-0.15, -0.1) is 11.3 Å². The minimum Gasteiger partial charge on any atom is -0.476 e. The third-order valence-electron chi connectivity index (χ3n) is 5.47. The summed E-state index contributed by atoms with van der Waals surface area (Å²) in [4.78, 5) is 30.9. The third-order valence-corrected chi connectivity index (χ3v) is 6.44. The van der Waals surface area contributed by atoms with Crippen LogP contribution in [0, 0.1) is 0 Å². The summed E-state index contributed by atoms with van der Waals surface area (Å²) in [7, 11) is 1.87. The van der Waals surface area contributed by atoms with Crippen molar-refractivity contribution in [1.82, 2.24) is 14.8 Å². The molecule has 7 nitrogen and oxygen atoms in total. The first kappa shape index (κ1) is 24.1. The molecule has 11 heteroatoms. The molecule has 2 aromatic rings. The molecule has 0 amide bonds. The first-order chi connectivity index (χ1) is 15.1. The number of halogens is 3. The summed E-state index contributed by atoms with van der Waals surface area (Å²) in [5.41, 5.74) is -0.552. The van der Waals surface area contributed by atoms with E-state index in [0.29, 0.717) is 52.0 Å². The number of carbonyl (C=O) groups excluding carboxylic acids is 1. The predicted octanol–water partition coefficient (Wildman–Crippen LogP) is 3.50. The van der Waals surface area contributed by atoms with E-state index in [1.165, 1.54) is 18.3 Å². The molecule has 0 bridgehead atoms. The number of ether oxygens (including phenoxy) is 1. The molecular weight excluding hydrogens is 447 g/mol. The van der Waals surface area contributed by atoms with Crippen molar-refractivity contribution < 1.29 is 32.6 Å². The lowest BCUT2D eigenvalue weighted by Crippen LogP contribution is -2.51. The fourth-order valence-corrected chi connectivity index (χ4v) is 4.72. The van der Waals surface area contributed by atoms with Gasteiger partial charge in [0.15, 0.2) is 0 Å². The first-order valence-corrected chi connectivity index (χ1v) is 10.8. The Kier molecular flexibility index (Phi) is 7.52. The Bertz CT molecular complexity index is 925. The van der Waals surface area contributed by atoms with Crippen LogP contribution in [0.15, 0.2) is 30.5 Å². The smallest absolute Gasteiger partial charge is 0.416 e. The van der Waals surface area contributed by atoms with Crippen molar-refractivity contribution in [3.63, 3.8) is 0 Å². The van der Waals surface area contributed by atoms with E-state index in [9.17, 15) is 22.8 Å². The Morgan fingerprint density at radius 3 is 2.50 bits per heavy atom. The van der Waals surface area contributed by atoms with E-state index < -0.39 is 23.3 Å². The van der Waals surface area contributed by atoms with E-state index in [0.717, 1.165) is 33.9 Å². The van der Waals surface area contributed by atoms with E-state index in [4.69, 9.17) is 9.84 Å². The molecule has 32 heavy (non-hydrogen) atoms. The summed E-state index contributed by atoms with van der Waals surface area (Å²) in [6.45, 7) is 3.18. The molecule has 0 atom stereocenters. The van der Waals surface area contributed by atoms with E-state index in [1.807, 2.05) is 11.9 Å². The van der Waals surface area contributed by atoms with Crippen LogP contribution >= 0.6 is 11.3 Å². The van der Waals surface area contributed by atoms with Crippen molar-refractivity contribution in [3.05, 3.63) is 51.5 Å². The van der Waals surface area contributed by atoms with Crippen molar-refractivity contribution in [1.29, 1.82) is 0 Å². The summed E-state index contributed by atoms with van der Waals surface area (Å²) in [5.74, 6) is -1.06. The minimum absolute atomic E-state index is 0.0313. The number of rotatable bonds is 9. The van der Waals surface area contributed by atoms with Crippen LogP contribution in [-0.4, -0.2) is 64.6 Å². The normalized spacial score (nSPS) is 16.8. The number of likely N-dealkylation sites (N-methyl/N-ethyl adjacent to an activating group) is 1. The standard InChI is InChI=1S/C21H24F3N3O4S/c1-26(12-17-10-25-18(32-17)19(29)30)13-20(31-14-28)6-8-27(9-7-20)11-15-2-4-16(5-3-15)21(22,23)24/h2-5,10,14H,6-9,11-13H2,1H3,(H,29,30). The van der Waals surface area contributed by atoms with Gasteiger partial charge in [-0.25, -0.2) is 9.78 Å². The van der Waals surface area contributed by atoms with E-state index >= 15 is 0 Å². The van der Waals surface area contributed by atoms with Gasteiger partial charge in [0.2, 0.25) is 5.01 Å². The van der Waals surface area contributed by atoms with Crippen molar-refractivity contribution in [2.24, 2.45) is 0 Å². The quantitative estimate of drug-likeness (QED) is 0.561. The number of nitrogens with zero attached hydrogens (tertiary/aromatic N) is 3. The fourth-order valence-electron chi connectivity index (χ4n) is 3.88. The second-order valence-electron chi connectivity index (χ2n) is 7.98. The molecule has 0 unspecified atom stereocenters. The summed E-state index contributed by atoms with van der Waals surface area (Å²) in [6, 6.07) is 5.15.